The van der Waals surface area contributed by atoms with Crippen LogP contribution in [0, 0.1) is 0 Å². The van der Waals surface area contributed by atoms with Crippen LogP contribution in [0.1, 0.15) is 22.3 Å². The van der Waals surface area contributed by atoms with E-state index in [-0.39, 0.29) is 11.8 Å². The van der Waals surface area contributed by atoms with Crippen molar-refractivity contribution in [2.24, 2.45) is 0 Å². The Bertz CT molecular complexity index is 560. The van der Waals surface area contributed by atoms with Crippen LogP contribution in [0.5, 0.6) is 0 Å². The van der Waals surface area contributed by atoms with Gasteiger partial charge in [0.1, 0.15) is 0 Å². The predicted octanol–water partition coefficient (Wildman–Crippen LogP) is 1.00. The van der Waals surface area contributed by atoms with Crippen LogP contribution in [-0.4, -0.2) is 49.3 Å². The van der Waals surface area contributed by atoms with E-state index in [1.54, 1.807) is 38.4 Å². The van der Waals surface area contributed by atoms with Crippen molar-refractivity contribution < 1.29 is 18.4 Å². The number of nitrogens with one attached hydrogen (secondary N) is 2. The van der Waals surface area contributed by atoms with Crippen LogP contribution < -0.4 is 10.6 Å². The fourth-order valence-electron chi connectivity index (χ4n) is 2.41. The molecule has 1 saturated heterocycles. The van der Waals surface area contributed by atoms with Crippen LogP contribution in [0.15, 0.2) is 24.3 Å². The number of rotatable bonds is 4. The zero-order valence-corrected chi connectivity index (χ0v) is 12.5. The highest BCUT2D eigenvalue weighted by Gasteiger charge is 2.43. The SMILES string of the molecule is CNC(=O)c1ccc(CN(C)C(=O)C2CC(F)(F)CN2)cc1. The maximum absolute atomic E-state index is 13.1. The first-order valence-corrected chi connectivity index (χ1v) is 6.99. The molecule has 1 atom stereocenters. The van der Waals surface area contributed by atoms with Crippen molar-refractivity contribution in [2.75, 3.05) is 20.6 Å². The molecular weight excluding hydrogens is 292 g/mol. The fourth-order valence-corrected chi connectivity index (χ4v) is 2.41. The number of benzene rings is 1. The second-order valence-corrected chi connectivity index (χ2v) is 5.46. The predicted molar refractivity (Wildman–Crippen MR) is 77.7 cm³/mol. The normalized spacial score (nSPS) is 19.7. The van der Waals surface area contributed by atoms with Gasteiger partial charge in [0.05, 0.1) is 12.6 Å². The van der Waals surface area contributed by atoms with Crippen LogP contribution in [0.2, 0.25) is 0 Å². The molecule has 1 aromatic carbocycles. The summed E-state index contributed by atoms with van der Waals surface area (Å²) < 4.78 is 26.3. The summed E-state index contributed by atoms with van der Waals surface area (Å²) in [5.74, 6) is -3.36. The van der Waals surface area contributed by atoms with E-state index in [0.717, 1.165) is 5.56 Å². The van der Waals surface area contributed by atoms with Crippen molar-refractivity contribution in [3.05, 3.63) is 35.4 Å². The van der Waals surface area contributed by atoms with Crippen molar-refractivity contribution in [3.63, 3.8) is 0 Å². The highest BCUT2D eigenvalue weighted by molar-refractivity contribution is 5.93. The molecule has 120 valence electrons. The fraction of sp³-hybridized carbons (Fsp3) is 0.467. The van der Waals surface area contributed by atoms with Gasteiger partial charge in [-0.2, -0.15) is 0 Å². The third-order valence-corrected chi connectivity index (χ3v) is 3.65. The third-order valence-electron chi connectivity index (χ3n) is 3.65. The van der Waals surface area contributed by atoms with Crippen LogP contribution in [0.25, 0.3) is 0 Å². The molecule has 1 heterocycles. The lowest BCUT2D eigenvalue weighted by atomic mass is 10.1. The Morgan fingerprint density at radius 2 is 2.00 bits per heavy atom. The Hall–Kier alpha value is -2.02. The Morgan fingerprint density at radius 3 is 2.50 bits per heavy atom. The molecular formula is C15H19F2N3O2. The zero-order chi connectivity index (χ0) is 16.3. The summed E-state index contributed by atoms with van der Waals surface area (Å²) in [7, 11) is 3.13. The molecule has 0 aliphatic carbocycles. The third kappa shape index (κ3) is 3.79. The summed E-state index contributed by atoms with van der Waals surface area (Å²) >= 11 is 0. The summed E-state index contributed by atoms with van der Waals surface area (Å²) in [5.41, 5.74) is 1.35. The summed E-state index contributed by atoms with van der Waals surface area (Å²) in [5, 5.41) is 5.07. The number of likely N-dealkylation sites (N-methyl/N-ethyl adjacent to an activating group) is 1. The standard InChI is InChI=1S/C15H19F2N3O2/c1-18-13(21)11-5-3-10(4-6-11)8-20(2)14(22)12-7-15(16,17)9-19-12/h3-6,12,19H,7-9H2,1-2H3,(H,18,21). The minimum atomic E-state index is -2.82. The molecule has 0 radical (unpaired) electrons. The molecule has 1 fully saturated rings. The van der Waals surface area contributed by atoms with Gasteiger partial charge in [-0.3, -0.25) is 14.9 Å². The minimum absolute atomic E-state index is 0.187. The maximum atomic E-state index is 13.1. The molecule has 1 aliphatic heterocycles. The van der Waals surface area contributed by atoms with E-state index in [2.05, 4.69) is 10.6 Å². The Morgan fingerprint density at radius 1 is 1.36 bits per heavy atom. The lowest BCUT2D eigenvalue weighted by molar-refractivity contribution is -0.132. The number of hydrogen-bond donors (Lipinski definition) is 2. The van der Waals surface area contributed by atoms with E-state index in [0.29, 0.717) is 12.1 Å². The highest BCUT2D eigenvalue weighted by atomic mass is 19.3. The van der Waals surface area contributed by atoms with E-state index in [4.69, 9.17) is 0 Å². The number of halogens is 2. The maximum Gasteiger partial charge on any atom is 0.262 e. The van der Waals surface area contributed by atoms with E-state index in [1.807, 2.05) is 0 Å². The van der Waals surface area contributed by atoms with Crippen LogP contribution in [0.3, 0.4) is 0 Å². The number of hydrogen-bond acceptors (Lipinski definition) is 3. The molecule has 0 spiro atoms. The molecule has 7 heteroatoms. The molecule has 2 rings (SSSR count). The molecule has 0 bridgehead atoms. The molecule has 0 aromatic heterocycles. The molecule has 5 nitrogen and oxygen atoms in total. The van der Waals surface area contributed by atoms with Crippen molar-refractivity contribution in [1.82, 2.24) is 15.5 Å². The van der Waals surface area contributed by atoms with Gasteiger partial charge in [0.25, 0.3) is 11.8 Å². The molecule has 0 saturated carbocycles. The van der Waals surface area contributed by atoms with E-state index in [1.165, 1.54) is 4.90 Å². The van der Waals surface area contributed by atoms with E-state index in [9.17, 15) is 18.4 Å². The Kier molecular flexibility index (Phi) is 4.75. The first kappa shape index (κ1) is 16.4. The van der Waals surface area contributed by atoms with Gasteiger partial charge >= 0.3 is 0 Å². The summed E-state index contributed by atoms with van der Waals surface area (Å²) in [4.78, 5) is 25.0. The summed E-state index contributed by atoms with van der Waals surface area (Å²) in [6.45, 7) is -0.158. The Balaban J connectivity index is 1.95. The van der Waals surface area contributed by atoms with Crippen LogP contribution in [0.4, 0.5) is 8.78 Å². The van der Waals surface area contributed by atoms with Gasteiger partial charge in [-0.1, -0.05) is 12.1 Å². The second-order valence-electron chi connectivity index (χ2n) is 5.46. The first-order valence-electron chi connectivity index (χ1n) is 6.99. The molecule has 22 heavy (non-hydrogen) atoms. The second kappa shape index (κ2) is 6.39. The van der Waals surface area contributed by atoms with Crippen molar-refractivity contribution in [3.8, 4) is 0 Å². The quantitative estimate of drug-likeness (QED) is 0.872. The number of alkyl halides is 2. The zero-order valence-electron chi connectivity index (χ0n) is 12.5. The number of carbonyl (C=O) groups excluding carboxylic acids is 2. The van der Waals surface area contributed by atoms with Gasteiger partial charge in [0.15, 0.2) is 0 Å². The molecule has 1 aromatic rings. The van der Waals surface area contributed by atoms with Crippen molar-refractivity contribution >= 4 is 11.8 Å². The number of nitrogens with zero attached hydrogens (tertiary/aromatic N) is 1. The monoisotopic (exact) mass is 311 g/mol. The van der Waals surface area contributed by atoms with Crippen molar-refractivity contribution in [1.29, 1.82) is 0 Å². The lowest BCUT2D eigenvalue weighted by Gasteiger charge is -2.21. The van der Waals surface area contributed by atoms with Gasteiger partial charge in [-0.05, 0) is 17.7 Å². The summed E-state index contributed by atoms with van der Waals surface area (Å²) in [6.07, 6.45) is -0.466. The number of amides is 2. The van der Waals surface area contributed by atoms with E-state index >= 15 is 0 Å². The largest absolute Gasteiger partial charge is 0.355 e. The first-order chi connectivity index (χ1) is 10.3. The molecule has 2 amide bonds. The average Bonchev–Trinajstić information content (AvgIpc) is 2.86. The number of carbonyl (C=O) groups is 2. The topological polar surface area (TPSA) is 61.4 Å². The average molecular weight is 311 g/mol. The van der Waals surface area contributed by atoms with Gasteiger partial charge in [0.2, 0.25) is 5.91 Å². The highest BCUT2D eigenvalue weighted by Crippen LogP contribution is 2.26. The smallest absolute Gasteiger partial charge is 0.262 e. The lowest BCUT2D eigenvalue weighted by Crippen LogP contribution is -2.41. The molecule has 1 unspecified atom stereocenters. The molecule has 1 aliphatic rings. The van der Waals surface area contributed by atoms with Crippen LogP contribution in [-0.2, 0) is 11.3 Å². The molecule has 2 N–H and O–H groups in total. The van der Waals surface area contributed by atoms with E-state index < -0.39 is 24.9 Å². The van der Waals surface area contributed by atoms with Crippen molar-refractivity contribution in [2.45, 2.75) is 24.9 Å². The van der Waals surface area contributed by atoms with Gasteiger partial charge in [0, 0.05) is 32.6 Å². The van der Waals surface area contributed by atoms with Gasteiger partial charge in [-0.15, -0.1) is 0 Å². The van der Waals surface area contributed by atoms with Gasteiger partial charge in [-0.25, -0.2) is 8.78 Å². The minimum Gasteiger partial charge on any atom is -0.355 e. The Labute approximate surface area is 127 Å². The van der Waals surface area contributed by atoms with Gasteiger partial charge < -0.3 is 10.2 Å². The summed E-state index contributed by atoms with van der Waals surface area (Å²) in [6, 6.07) is 5.96. The van der Waals surface area contributed by atoms with Crippen LogP contribution >= 0.6 is 0 Å².